The van der Waals surface area contributed by atoms with E-state index in [9.17, 15) is 15.0 Å². The third-order valence-corrected chi connectivity index (χ3v) is 3.16. The molecule has 104 valence electrons. The van der Waals surface area contributed by atoms with Crippen LogP contribution in [-0.2, 0) is 12.4 Å². The van der Waals surface area contributed by atoms with Gasteiger partial charge in [0.05, 0.1) is 5.56 Å². The second-order valence-corrected chi connectivity index (χ2v) is 4.60. The molecular formula is C15H14ClNO3. The fraction of sp³-hybridized carbons (Fsp3) is 0.133. The summed E-state index contributed by atoms with van der Waals surface area (Å²) in [4.78, 5) is 11.9. The molecule has 2 rings (SSSR count). The summed E-state index contributed by atoms with van der Waals surface area (Å²) in [5.41, 5.74) is 1.97. The average molecular weight is 292 g/mol. The number of alkyl halides is 1. The number of rotatable bonds is 4. The van der Waals surface area contributed by atoms with E-state index in [1.807, 2.05) is 24.3 Å². The number of hydrogen-bond acceptors (Lipinski definition) is 3. The van der Waals surface area contributed by atoms with Crippen molar-refractivity contribution in [3.05, 3.63) is 59.2 Å². The number of halogens is 1. The Balaban J connectivity index is 2.02. The summed E-state index contributed by atoms with van der Waals surface area (Å²) in [6.45, 7) is 0.330. The molecule has 0 saturated carbocycles. The third kappa shape index (κ3) is 3.42. The first-order valence-electron chi connectivity index (χ1n) is 6.04. The standard InChI is InChI=1S/C15H14ClNO3/c16-8-10-1-3-11(4-2-10)9-17-15(20)13-7-12(18)5-6-14(13)19/h1-7,18-19H,8-9H2,(H,17,20). The Kier molecular flexibility index (Phi) is 4.48. The van der Waals surface area contributed by atoms with Crippen molar-refractivity contribution in [3.63, 3.8) is 0 Å². The topological polar surface area (TPSA) is 69.6 Å². The highest BCUT2D eigenvalue weighted by molar-refractivity contribution is 6.17. The molecule has 4 nitrogen and oxygen atoms in total. The Hall–Kier alpha value is -2.20. The van der Waals surface area contributed by atoms with Gasteiger partial charge in [-0.05, 0) is 29.3 Å². The molecule has 5 heteroatoms. The molecule has 0 radical (unpaired) electrons. The zero-order valence-corrected chi connectivity index (χ0v) is 11.4. The zero-order valence-electron chi connectivity index (χ0n) is 10.6. The minimum atomic E-state index is -0.445. The van der Waals surface area contributed by atoms with Gasteiger partial charge in [0.25, 0.3) is 5.91 Å². The Morgan fingerprint density at radius 2 is 1.70 bits per heavy atom. The van der Waals surface area contributed by atoms with Gasteiger partial charge in [-0.2, -0.15) is 0 Å². The van der Waals surface area contributed by atoms with Gasteiger partial charge in [-0.25, -0.2) is 0 Å². The molecule has 0 spiro atoms. The van der Waals surface area contributed by atoms with Crippen LogP contribution in [0, 0.1) is 0 Å². The SMILES string of the molecule is O=C(NCc1ccc(CCl)cc1)c1cc(O)ccc1O. The number of hydrogen-bond donors (Lipinski definition) is 3. The Morgan fingerprint density at radius 1 is 1.05 bits per heavy atom. The molecule has 0 unspecified atom stereocenters. The van der Waals surface area contributed by atoms with Crippen molar-refractivity contribution in [2.24, 2.45) is 0 Å². The van der Waals surface area contributed by atoms with Gasteiger partial charge in [-0.15, -0.1) is 11.6 Å². The van der Waals surface area contributed by atoms with Gasteiger partial charge in [0, 0.05) is 12.4 Å². The molecule has 0 heterocycles. The van der Waals surface area contributed by atoms with Crippen molar-refractivity contribution < 1.29 is 15.0 Å². The summed E-state index contributed by atoms with van der Waals surface area (Å²) in [7, 11) is 0. The first kappa shape index (κ1) is 14.2. The van der Waals surface area contributed by atoms with E-state index in [0.717, 1.165) is 11.1 Å². The van der Waals surface area contributed by atoms with Crippen LogP contribution in [0.15, 0.2) is 42.5 Å². The number of aromatic hydroxyl groups is 2. The summed E-state index contributed by atoms with van der Waals surface area (Å²) in [5, 5.41) is 21.6. The number of nitrogens with one attached hydrogen (secondary N) is 1. The normalized spacial score (nSPS) is 10.2. The van der Waals surface area contributed by atoms with Crippen molar-refractivity contribution in [1.82, 2.24) is 5.32 Å². The van der Waals surface area contributed by atoms with E-state index in [-0.39, 0.29) is 17.1 Å². The lowest BCUT2D eigenvalue weighted by Gasteiger charge is -2.08. The van der Waals surface area contributed by atoms with Crippen LogP contribution in [0.2, 0.25) is 0 Å². The molecule has 2 aromatic carbocycles. The fourth-order valence-corrected chi connectivity index (χ4v) is 1.91. The summed E-state index contributed by atoms with van der Waals surface area (Å²) < 4.78 is 0. The monoisotopic (exact) mass is 291 g/mol. The van der Waals surface area contributed by atoms with Gasteiger partial charge in [-0.3, -0.25) is 4.79 Å². The zero-order chi connectivity index (χ0) is 14.5. The van der Waals surface area contributed by atoms with Crippen molar-refractivity contribution in [2.45, 2.75) is 12.4 Å². The maximum absolute atomic E-state index is 11.9. The number of carbonyl (C=O) groups is 1. The molecule has 0 aliphatic heterocycles. The van der Waals surface area contributed by atoms with E-state index in [4.69, 9.17) is 11.6 Å². The van der Waals surface area contributed by atoms with Gasteiger partial charge < -0.3 is 15.5 Å². The quantitative estimate of drug-likeness (QED) is 0.599. The van der Waals surface area contributed by atoms with Crippen molar-refractivity contribution in [3.8, 4) is 11.5 Å². The van der Waals surface area contributed by atoms with Crippen LogP contribution >= 0.6 is 11.6 Å². The van der Waals surface area contributed by atoms with Crippen LogP contribution in [0.5, 0.6) is 11.5 Å². The Morgan fingerprint density at radius 3 is 2.35 bits per heavy atom. The highest BCUT2D eigenvalue weighted by Gasteiger charge is 2.11. The Bertz CT molecular complexity index is 611. The molecule has 0 fully saturated rings. The maximum atomic E-state index is 11.9. The van der Waals surface area contributed by atoms with Crippen molar-refractivity contribution >= 4 is 17.5 Å². The Labute approximate surface area is 121 Å². The lowest BCUT2D eigenvalue weighted by Crippen LogP contribution is -2.22. The first-order valence-corrected chi connectivity index (χ1v) is 6.57. The van der Waals surface area contributed by atoms with E-state index >= 15 is 0 Å². The molecule has 3 N–H and O–H groups in total. The number of amides is 1. The summed E-state index contributed by atoms with van der Waals surface area (Å²) in [6.07, 6.45) is 0. The van der Waals surface area contributed by atoms with E-state index in [1.165, 1.54) is 18.2 Å². The fourth-order valence-electron chi connectivity index (χ4n) is 1.73. The van der Waals surface area contributed by atoms with Gasteiger partial charge in [0.2, 0.25) is 0 Å². The number of phenols is 2. The number of phenolic OH excluding ortho intramolecular Hbond substituents is 2. The molecule has 0 aromatic heterocycles. The average Bonchev–Trinajstić information content (AvgIpc) is 2.47. The van der Waals surface area contributed by atoms with Crippen molar-refractivity contribution in [2.75, 3.05) is 0 Å². The lowest BCUT2D eigenvalue weighted by atomic mass is 10.1. The lowest BCUT2D eigenvalue weighted by molar-refractivity contribution is 0.0948. The molecular weight excluding hydrogens is 278 g/mol. The molecule has 1 amide bonds. The van der Waals surface area contributed by atoms with Crippen molar-refractivity contribution in [1.29, 1.82) is 0 Å². The minimum Gasteiger partial charge on any atom is -0.508 e. The first-order chi connectivity index (χ1) is 9.60. The highest BCUT2D eigenvalue weighted by Crippen LogP contribution is 2.21. The third-order valence-electron chi connectivity index (χ3n) is 2.86. The van der Waals surface area contributed by atoms with E-state index < -0.39 is 5.91 Å². The minimum absolute atomic E-state index is 0.0439. The van der Waals surface area contributed by atoms with Gasteiger partial charge in [-0.1, -0.05) is 24.3 Å². The smallest absolute Gasteiger partial charge is 0.255 e. The van der Waals surface area contributed by atoms with E-state index in [1.54, 1.807) is 0 Å². The van der Waals surface area contributed by atoms with Crippen LogP contribution in [0.3, 0.4) is 0 Å². The molecule has 0 saturated heterocycles. The van der Waals surface area contributed by atoms with E-state index in [2.05, 4.69) is 5.32 Å². The van der Waals surface area contributed by atoms with Gasteiger partial charge >= 0.3 is 0 Å². The van der Waals surface area contributed by atoms with Gasteiger partial charge in [0.15, 0.2) is 0 Å². The predicted octanol–water partition coefficient (Wildman–Crippen LogP) is 2.77. The number of carbonyl (C=O) groups excluding carboxylic acids is 1. The predicted molar refractivity (Wildman–Crippen MR) is 76.9 cm³/mol. The highest BCUT2D eigenvalue weighted by atomic mass is 35.5. The molecule has 20 heavy (non-hydrogen) atoms. The maximum Gasteiger partial charge on any atom is 0.255 e. The molecule has 2 aromatic rings. The van der Waals surface area contributed by atoms with Crippen LogP contribution in [0.1, 0.15) is 21.5 Å². The second-order valence-electron chi connectivity index (χ2n) is 4.33. The van der Waals surface area contributed by atoms with Crippen LogP contribution in [0.25, 0.3) is 0 Å². The second kappa shape index (κ2) is 6.30. The largest absolute Gasteiger partial charge is 0.508 e. The van der Waals surface area contributed by atoms with Crippen LogP contribution in [0.4, 0.5) is 0 Å². The van der Waals surface area contributed by atoms with Gasteiger partial charge in [0.1, 0.15) is 11.5 Å². The molecule has 0 aliphatic rings. The van der Waals surface area contributed by atoms with Crippen LogP contribution in [-0.4, -0.2) is 16.1 Å². The summed E-state index contributed by atoms with van der Waals surface area (Å²) in [5.74, 6) is -0.235. The van der Waals surface area contributed by atoms with Crippen LogP contribution < -0.4 is 5.32 Å². The summed E-state index contributed by atoms with van der Waals surface area (Å²) in [6, 6.07) is 11.3. The molecule has 0 atom stereocenters. The summed E-state index contributed by atoms with van der Waals surface area (Å²) >= 11 is 5.70. The van der Waals surface area contributed by atoms with E-state index in [0.29, 0.717) is 12.4 Å². The molecule has 0 aliphatic carbocycles. The number of benzene rings is 2. The molecule has 0 bridgehead atoms.